The Morgan fingerprint density at radius 3 is 2.18 bits per heavy atom. The normalized spacial score (nSPS) is 13.2. The van der Waals surface area contributed by atoms with E-state index in [1.165, 1.54) is 12.1 Å². The van der Waals surface area contributed by atoms with Gasteiger partial charge >= 0.3 is 6.18 Å². The predicted octanol–water partition coefficient (Wildman–Crippen LogP) is 5.62. The number of halogens is 3. The molecule has 0 aliphatic rings. The fourth-order valence-corrected chi connectivity index (χ4v) is 3.72. The van der Waals surface area contributed by atoms with Crippen LogP contribution in [0.1, 0.15) is 37.9 Å². The van der Waals surface area contributed by atoms with Crippen LogP contribution >= 0.6 is 0 Å². The van der Waals surface area contributed by atoms with E-state index in [4.69, 9.17) is 0 Å². The van der Waals surface area contributed by atoms with Gasteiger partial charge in [-0.05, 0) is 62.7 Å². The molecule has 2 aromatic heterocycles. The monoisotopic (exact) mass is 452 g/mol. The number of fused-ring (bicyclic) bond motifs is 1. The van der Waals surface area contributed by atoms with E-state index in [-0.39, 0.29) is 5.91 Å². The first-order valence-electron chi connectivity index (χ1n) is 10.4. The van der Waals surface area contributed by atoms with Crippen LogP contribution in [-0.2, 0) is 11.0 Å². The highest BCUT2D eigenvalue weighted by Crippen LogP contribution is 2.34. The largest absolute Gasteiger partial charge is 0.416 e. The van der Waals surface area contributed by atoms with Gasteiger partial charge in [-0.1, -0.05) is 24.3 Å². The second-order valence-electron chi connectivity index (χ2n) is 8.79. The molecule has 1 N–H and O–H groups in total. The fraction of sp³-hybridized carbons (Fsp3) is 0.240. The van der Waals surface area contributed by atoms with Crippen molar-refractivity contribution in [3.8, 4) is 11.4 Å². The standard InChI is InChI=1S/C25H23F3N4O/c1-24(2,3)31-23(33)21(16-12-14-29-15-13-16)32-20-7-5-4-6-19(20)30-22(32)17-8-10-18(11-9-17)25(26,27)28/h4-15,21H,1-3H3,(H,31,33). The van der Waals surface area contributed by atoms with Crippen molar-refractivity contribution in [2.75, 3.05) is 0 Å². The van der Waals surface area contributed by atoms with E-state index in [1.807, 2.05) is 45.0 Å². The Morgan fingerprint density at radius 2 is 1.58 bits per heavy atom. The van der Waals surface area contributed by atoms with Gasteiger partial charge in [0.25, 0.3) is 0 Å². The van der Waals surface area contributed by atoms with E-state index in [1.54, 1.807) is 29.1 Å². The van der Waals surface area contributed by atoms with Gasteiger partial charge in [0.2, 0.25) is 5.91 Å². The number of para-hydroxylation sites is 2. The molecule has 1 atom stereocenters. The number of amides is 1. The summed E-state index contributed by atoms with van der Waals surface area (Å²) in [7, 11) is 0. The SMILES string of the molecule is CC(C)(C)NC(=O)C(c1ccncc1)n1c(-c2ccc(C(F)(F)F)cc2)nc2ccccc21. The highest BCUT2D eigenvalue weighted by molar-refractivity contribution is 5.89. The Morgan fingerprint density at radius 1 is 0.939 bits per heavy atom. The highest BCUT2D eigenvalue weighted by Gasteiger charge is 2.32. The van der Waals surface area contributed by atoms with Gasteiger partial charge in [0, 0.05) is 23.5 Å². The lowest BCUT2D eigenvalue weighted by Gasteiger charge is -2.27. The van der Waals surface area contributed by atoms with Crippen molar-refractivity contribution in [3.05, 3.63) is 84.2 Å². The van der Waals surface area contributed by atoms with Crippen LogP contribution in [-0.4, -0.2) is 26.0 Å². The number of carbonyl (C=O) groups is 1. The summed E-state index contributed by atoms with van der Waals surface area (Å²) in [6.07, 6.45) is -1.24. The first kappa shape index (κ1) is 22.5. The van der Waals surface area contributed by atoms with E-state index in [9.17, 15) is 18.0 Å². The number of hydrogen-bond donors (Lipinski definition) is 1. The summed E-state index contributed by atoms with van der Waals surface area (Å²) in [6.45, 7) is 5.66. The van der Waals surface area contributed by atoms with Gasteiger partial charge in [-0.3, -0.25) is 9.78 Å². The van der Waals surface area contributed by atoms with E-state index in [0.29, 0.717) is 28.0 Å². The van der Waals surface area contributed by atoms with Crippen LogP contribution in [0.4, 0.5) is 13.2 Å². The van der Waals surface area contributed by atoms with Crippen LogP contribution in [0.3, 0.4) is 0 Å². The van der Waals surface area contributed by atoms with Crippen LogP contribution in [0, 0.1) is 0 Å². The van der Waals surface area contributed by atoms with E-state index in [2.05, 4.69) is 15.3 Å². The zero-order valence-corrected chi connectivity index (χ0v) is 18.4. The summed E-state index contributed by atoms with van der Waals surface area (Å²) in [4.78, 5) is 22.3. The highest BCUT2D eigenvalue weighted by atomic mass is 19.4. The minimum atomic E-state index is -4.44. The first-order chi connectivity index (χ1) is 15.5. The van der Waals surface area contributed by atoms with Gasteiger partial charge in [-0.2, -0.15) is 13.2 Å². The quantitative estimate of drug-likeness (QED) is 0.437. The van der Waals surface area contributed by atoms with Crippen LogP contribution in [0.25, 0.3) is 22.4 Å². The number of nitrogens with one attached hydrogen (secondary N) is 1. The van der Waals surface area contributed by atoms with Crippen molar-refractivity contribution in [3.63, 3.8) is 0 Å². The average molecular weight is 452 g/mol. The second kappa shape index (κ2) is 8.35. The molecular formula is C25H23F3N4O. The van der Waals surface area contributed by atoms with Gasteiger partial charge < -0.3 is 9.88 Å². The van der Waals surface area contributed by atoms with Crippen molar-refractivity contribution < 1.29 is 18.0 Å². The van der Waals surface area contributed by atoms with Gasteiger partial charge in [0.1, 0.15) is 11.9 Å². The molecule has 4 rings (SSSR count). The topological polar surface area (TPSA) is 59.8 Å². The Hall–Kier alpha value is -3.68. The van der Waals surface area contributed by atoms with E-state index in [0.717, 1.165) is 12.1 Å². The number of aromatic nitrogens is 3. The molecule has 0 aliphatic carbocycles. The number of imidazole rings is 1. The van der Waals surface area contributed by atoms with E-state index < -0.39 is 23.3 Å². The van der Waals surface area contributed by atoms with Crippen molar-refractivity contribution in [1.82, 2.24) is 19.9 Å². The summed E-state index contributed by atoms with van der Waals surface area (Å²) < 4.78 is 41.1. The molecule has 5 nitrogen and oxygen atoms in total. The van der Waals surface area contributed by atoms with Crippen LogP contribution in [0.2, 0.25) is 0 Å². The summed E-state index contributed by atoms with van der Waals surface area (Å²) in [6, 6.07) is 14.8. The molecule has 2 heterocycles. The maximum Gasteiger partial charge on any atom is 0.416 e. The first-order valence-corrected chi connectivity index (χ1v) is 10.4. The van der Waals surface area contributed by atoms with Crippen molar-refractivity contribution in [2.45, 2.75) is 38.5 Å². The number of hydrogen-bond acceptors (Lipinski definition) is 3. The molecule has 1 unspecified atom stereocenters. The molecule has 8 heteroatoms. The number of carbonyl (C=O) groups excluding carboxylic acids is 1. The molecule has 0 fully saturated rings. The molecule has 0 spiro atoms. The molecule has 4 aromatic rings. The van der Waals surface area contributed by atoms with E-state index >= 15 is 0 Å². The van der Waals surface area contributed by atoms with Gasteiger partial charge in [-0.15, -0.1) is 0 Å². The lowest BCUT2D eigenvalue weighted by atomic mass is 10.0. The van der Waals surface area contributed by atoms with Crippen LogP contribution in [0.15, 0.2) is 73.1 Å². The number of rotatable bonds is 4. The van der Waals surface area contributed by atoms with Gasteiger partial charge in [0.05, 0.1) is 16.6 Å². The van der Waals surface area contributed by atoms with Gasteiger partial charge in [0.15, 0.2) is 0 Å². The fourth-order valence-electron chi connectivity index (χ4n) is 3.72. The average Bonchev–Trinajstić information content (AvgIpc) is 3.12. The smallest absolute Gasteiger partial charge is 0.349 e. The minimum Gasteiger partial charge on any atom is -0.349 e. The number of pyridine rings is 1. The maximum atomic E-state index is 13.5. The van der Waals surface area contributed by atoms with Crippen molar-refractivity contribution in [1.29, 1.82) is 0 Å². The summed E-state index contributed by atoms with van der Waals surface area (Å²) in [5.41, 5.74) is 1.25. The van der Waals surface area contributed by atoms with Gasteiger partial charge in [-0.25, -0.2) is 4.98 Å². The van der Waals surface area contributed by atoms with Crippen molar-refractivity contribution in [2.24, 2.45) is 0 Å². The third-order valence-corrected chi connectivity index (χ3v) is 5.09. The molecular weight excluding hydrogens is 429 g/mol. The predicted molar refractivity (Wildman–Crippen MR) is 120 cm³/mol. The molecule has 33 heavy (non-hydrogen) atoms. The Bertz CT molecular complexity index is 1270. The molecule has 0 saturated heterocycles. The maximum absolute atomic E-state index is 13.5. The number of alkyl halides is 3. The summed E-state index contributed by atoms with van der Waals surface area (Å²) in [5.74, 6) is 0.140. The molecule has 0 bridgehead atoms. The number of nitrogens with zero attached hydrogens (tertiary/aromatic N) is 3. The molecule has 170 valence electrons. The molecule has 0 radical (unpaired) electrons. The lowest BCUT2D eigenvalue weighted by Crippen LogP contribution is -2.44. The second-order valence-corrected chi connectivity index (χ2v) is 8.79. The molecule has 1 amide bonds. The molecule has 0 saturated carbocycles. The zero-order valence-electron chi connectivity index (χ0n) is 18.4. The molecule has 2 aromatic carbocycles. The van der Waals surface area contributed by atoms with Crippen LogP contribution in [0.5, 0.6) is 0 Å². The van der Waals surface area contributed by atoms with Crippen molar-refractivity contribution >= 4 is 16.9 Å². The summed E-state index contributed by atoms with van der Waals surface area (Å²) in [5, 5.41) is 3.02. The van der Waals surface area contributed by atoms with Crippen LogP contribution < -0.4 is 5.32 Å². The number of benzene rings is 2. The lowest BCUT2D eigenvalue weighted by molar-refractivity contribution is -0.137. The minimum absolute atomic E-state index is 0.259. The third kappa shape index (κ3) is 4.74. The third-order valence-electron chi connectivity index (χ3n) is 5.09. The Balaban J connectivity index is 1.94. The Kier molecular flexibility index (Phi) is 5.69. The summed E-state index contributed by atoms with van der Waals surface area (Å²) >= 11 is 0. The Labute approximate surface area is 189 Å². The molecule has 0 aliphatic heterocycles. The zero-order chi connectivity index (χ0) is 23.8.